The quantitative estimate of drug-likeness (QED) is 0.873. The lowest BCUT2D eigenvalue weighted by Gasteiger charge is -2.32. The second-order valence-corrected chi connectivity index (χ2v) is 6.95. The summed E-state index contributed by atoms with van der Waals surface area (Å²) in [6, 6.07) is 8.56. The molecule has 1 aromatic carbocycles. The summed E-state index contributed by atoms with van der Waals surface area (Å²) in [5.41, 5.74) is 5.12. The third-order valence-electron chi connectivity index (χ3n) is 5.32. The van der Waals surface area contributed by atoms with E-state index in [9.17, 15) is 4.79 Å². The first-order valence-corrected chi connectivity index (χ1v) is 8.94. The number of benzene rings is 1. The van der Waals surface area contributed by atoms with Crippen molar-refractivity contribution in [3.8, 4) is 0 Å². The number of amides is 1. The van der Waals surface area contributed by atoms with E-state index in [1.165, 1.54) is 24.0 Å². The maximum Gasteiger partial charge on any atom is 0.227 e. The molecule has 1 aromatic heterocycles. The zero-order chi connectivity index (χ0) is 16.4. The van der Waals surface area contributed by atoms with Gasteiger partial charge in [-0.1, -0.05) is 18.2 Å². The lowest BCUT2D eigenvalue weighted by Crippen LogP contribution is -2.40. The van der Waals surface area contributed by atoms with Gasteiger partial charge in [-0.25, -0.2) is 9.97 Å². The molecule has 4 rings (SSSR count). The molecule has 2 aliphatic rings. The van der Waals surface area contributed by atoms with Gasteiger partial charge in [-0.05, 0) is 54.9 Å². The number of rotatable bonds is 3. The Bertz CT molecular complexity index is 729. The van der Waals surface area contributed by atoms with Gasteiger partial charge < -0.3 is 4.90 Å². The molecule has 0 N–H and O–H groups in total. The standard InChI is InChI=1S/C20H23N3O/c24-20(12-15-6-7-16-3-1-4-17(16)11-15)23-10-2-5-18(13-23)19-8-9-21-14-22-19/h6-9,11,14,18H,1-5,10,12-13H2. The minimum Gasteiger partial charge on any atom is -0.342 e. The molecule has 1 fully saturated rings. The average Bonchev–Trinajstić information content (AvgIpc) is 3.10. The molecule has 0 saturated carbocycles. The molecule has 0 spiro atoms. The van der Waals surface area contributed by atoms with Gasteiger partial charge in [0.15, 0.2) is 0 Å². The Morgan fingerprint density at radius 1 is 1.17 bits per heavy atom. The van der Waals surface area contributed by atoms with Crippen molar-refractivity contribution in [2.45, 2.75) is 44.4 Å². The fourth-order valence-corrected chi connectivity index (χ4v) is 4.01. The highest BCUT2D eigenvalue weighted by Crippen LogP contribution is 2.26. The molecule has 1 saturated heterocycles. The largest absolute Gasteiger partial charge is 0.342 e. The zero-order valence-electron chi connectivity index (χ0n) is 13.9. The number of hydrogen-bond acceptors (Lipinski definition) is 3. The van der Waals surface area contributed by atoms with Crippen molar-refractivity contribution in [2.75, 3.05) is 13.1 Å². The highest BCUT2D eigenvalue weighted by molar-refractivity contribution is 5.79. The van der Waals surface area contributed by atoms with E-state index < -0.39 is 0 Å². The minimum absolute atomic E-state index is 0.242. The number of nitrogens with zero attached hydrogens (tertiary/aromatic N) is 3. The van der Waals surface area contributed by atoms with Gasteiger partial charge in [0.2, 0.25) is 5.91 Å². The molecular weight excluding hydrogens is 298 g/mol. The number of aryl methyl sites for hydroxylation is 2. The van der Waals surface area contributed by atoms with Gasteiger partial charge in [0.05, 0.1) is 6.42 Å². The van der Waals surface area contributed by atoms with Crippen LogP contribution in [0.4, 0.5) is 0 Å². The van der Waals surface area contributed by atoms with Crippen LogP contribution in [0.15, 0.2) is 36.8 Å². The monoisotopic (exact) mass is 321 g/mol. The molecular formula is C20H23N3O. The maximum absolute atomic E-state index is 12.7. The third kappa shape index (κ3) is 3.18. The van der Waals surface area contributed by atoms with Crippen molar-refractivity contribution in [2.24, 2.45) is 0 Å². The topological polar surface area (TPSA) is 46.1 Å². The summed E-state index contributed by atoms with van der Waals surface area (Å²) in [6.07, 6.45) is 9.65. The van der Waals surface area contributed by atoms with E-state index in [1.54, 1.807) is 12.5 Å². The van der Waals surface area contributed by atoms with Gasteiger partial charge in [0, 0.05) is 30.9 Å². The minimum atomic E-state index is 0.242. The van der Waals surface area contributed by atoms with Gasteiger partial charge in [-0.3, -0.25) is 4.79 Å². The lowest BCUT2D eigenvalue weighted by molar-refractivity contribution is -0.131. The smallest absolute Gasteiger partial charge is 0.227 e. The predicted molar refractivity (Wildman–Crippen MR) is 92.8 cm³/mol. The van der Waals surface area contributed by atoms with Gasteiger partial charge in [-0.2, -0.15) is 0 Å². The highest BCUT2D eigenvalue weighted by Gasteiger charge is 2.25. The molecule has 1 atom stereocenters. The second kappa shape index (κ2) is 6.71. The van der Waals surface area contributed by atoms with Crippen molar-refractivity contribution in [3.05, 3.63) is 59.2 Å². The maximum atomic E-state index is 12.7. The summed E-state index contributed by atoms with van der Waals surface area (Å²) in [4.78, 5) is 23.1. The zero-order valence-corrected chi connectivity index (χ0v) is 13.9. The Morgan fingerprint density at radius 2 is 2.08 bits per heavy atom. The first-order chi connectivity index (χ1) is 11.8. The van der Waals surface area contributed by atoms with E-state index in [0.29, 0.717) is 12.3 Å². The van der Waals surface area contributed by atoms with Crippen LogP contribution in [0.2, 0.25) is 0 Å². The van der Waals surface area contributed by atoms with Crippen molar-refractivity contribution in [3.63, 3.8) is 0 Å². The fraction of sp³-hybridized carbons (Fsp3) is 0.450. The molecule has 2 aromatic rings. The average molecular weight is 321 g/mol. The van der Waals surface area contributed by atoms with Gasteiger partial charge in [0.25, 0.3) is 0 Å². The van der Waals surface area contributed by atoms with E-state index in [1.807, 2.05) is 11.0 Å². The van der Waals surface area contributed by atoms with Crippen LogP contribution in [0.25, 0.3) is 0 Å². The summed E-state index contributed by atoms with van der Waals surface area (Å²) >= 11 is 0. The summed E-state index contributed by atoms with van der Waals surface area (Å²) in [7, 11) is 0. The Kier molecular flexibility index (Phi) is 4.28. The normalized spacial score (nSPS) is 20.0. The molecule has 2 heterocycles. The number of carbonyl (C=O) groups is 1. The van der Waals surface area contributed by atoms with Crippen LogP contribution in [0.3, 0.4) is 0 Å². The van der Waals surface area contributed by atoms with E-state index in [-0.39, 0.29) is 5.91 Å². The lowest BCUT2D eigenvalue weighted by atomic mass is 9.94. The van der Waals surface area contributed by atoms with Crippen LogP contribution >= 0.6 is 0 Å². The molecule has 0 bridgehead atoms. The van der Waals surface area contributed by atoms with Crippen LogP contribution in [0, 0.1) is 0 Å². The number of fused-ring (bicyclic) bond motifs is 1. The van der Waals surface area contributed by atoms with E-state index in [4.69, 9.17) is 0 Å². The Morgan fingerprint density at radius 3 is 2.96 bits per heavy atom. The molecule has 1 aliphatic heterocycles. The molecule has 1 aliphatic carbocycles. The van der Waals surface area contributed by atoms with Crippen LogP contribution in [0.5, 0.6) is 0 Å². The number of aromatic nitrogens is 2. The highest BCUT2D eigenvalue weighted by atomic mass is 16.2. The number of carbonyl (C=O) groups excluding carboxylic acids is 1. The van der Waals surface area contributed by atoms with Crippen molar-refractivity contribution in [1.29, 1.82) is 0 Å². The summed E-state index contributed by atoms with van der Waals surface area (Å²) in [6.45, 7) is 1.64. The fourth-order valence-electron chi connectivity index (χ4n) is 4.01. The number of hydrogen-bond donors (Lipinski definition) is 0. The van der Waals surface area contributed by atoms with Crippen LogP contribution in [-0.2, 0) is 24.1 Å². The molecule has 1 amide bonds. The summed E-state index contributed by atoms with van der Waals surface area (Å²) < 4.78 is 0. The van der Waals surface area contributed by atoms with Crippen molar-refractivity contribution >= 4 is 5.91 Å². The van der Waals surface area contributed by atoms with Crippen molar-refractivity contribution in [1.82, 2.24) is 14.9 Å². The Balaban J connectivity index is 1.42. The van der Waals surface area contributed by atoms with Crippen LogP contribution in [0.1, 0.15) is 47.6 Å². The molecule has 1 unspecified atom stereocenters. The van der Waals surface area contributed by atoms with Gasteiger partial charge in [-0.15, -0.1) is 0 Å². The van der Waals surface area contributed by atoms with E-state index >= 15 is 0 Å². The van der Waals surface area contributed by atoms with Crippen LogP contribution < -0.4 is 0 Å². The molecule has 4 heteroatoms. The van der Waals surface area contributed by atoms with Crippen molar-refractivity contribution < 1.29 is 4.79 Å². The number of likely N-dealkylation sites (tertiary alicyclic amines) is 1. The SMILES string of the molecule is O=C(Cc1ccc2c(c1)CCC2)N1CCCC(c2ccncn2)C1. The summed E-state index contributed by atoms with van der Waals surface area (Å²) in [5.74, 6) is 0.581. The Labute approximate surface area is 142 Å². The number of piperidine rings is 1. The molecule has 24 heavy (non-hydrogen) atoms. The molecule has 0 radical (unpaired) electrons. The predicted octanol–water partition coefficient (Wildman–Crippen LogP) is 2.91. The Hall–Kier alpha value is -2.23. The second-order valence-electron chi connectivity index (χ2n) is 6.95. The molecule has 124 valence electrons. The molecule has 4 nitrogen and oxygen atoms in total. The van der Waals surface area contributed by atoms with Gasteiger partial charge in [0.1, 0.15) is 6.33 Å². The first-order valence-electron chi connectivity index (χ1n) is 8.94. The van der Waals surface area contributed by atoms with E-state index in [2.05, 4.69) is 28.2 Å². The first kappa shape index (κ1) is 15.3. The van der Waals surface area contributed by atoms with E-state index in [0.717, 1.165) is 43.6 Å². The van der Waals surface area contributed by atoms with Gasteiger partial charge >= 0.3 is 0 Å². The third-order valence-corrected chi connectivity index (χ3v) is 5.32. The summed E-state index contributed by atoms with van der Waals surface area (Å²) in [5, 5.41) is 0. The van der Waals surface area contributed by atoms with Crippen LogP contribution in [-0.4, -0.2) is 33.9 Å².